The average Bonchev–Trinajstić information content (AvgIpc) is 3.71. The molecule has 1 aliphatic rings. The molecule has 0 bridgehead atoms. The summed E-state index contributed by atoms with van der Waals surface area (Å²) >= 11 is 1.99. The molecule has 1 amide bonds. The van der Waals surface area contributed by atoms with Crippen LogP contribution >= 0.6 is 22.6 Å². The van der Waals surface area contributed by atoms with Crippen molar-refractivity contribution in [2.75, 3.05) is 12.4 Å². The monoisotopic (exact) mass is 615 g/mol. The molecule has 37 heavy (non-hydrogen) atoms. The Morgan fingerprint density at radius 3 is 2.32 bits per heavy atom. The first kappa shape index (κ1) is 24.9. The zero-order chi connectivity index (χ0) is 26.6. The molecule has 190 valence electrons. The molecule has 0 atom stereocenters. The highest BCUT2D eigenvalue weighted by Crippen LogP contribution is 2.34. The lowest BCUT2D eigenvalue weighted by atomic mass is 10.1. The van der Waals surface area contributed by atoms with Gasteiger partial charge in [-0.05, 0) is 84.8 Å². The van der Waals surface area contributed by atoms with Crippen LogP contribution in [0.4, 0.5) is 15.9 Å². The number of nitrogens with one attached hydrogen (secondary N) is 2. The highest BCUT2D eigenvalue weighted by atomic mass is 127. The molecule has 0 spiro atoms. The van der Waals surface area contributed by atoms with Gasteiger partial charge in [0, 0.05) is 34.8 Å². The van der Waals surface area contributed by atoms with Crippen molar-refractivity contribution in [3.8, 4) is 5.69 Å². The highest BCUT2D eigenvalue weighted by Gasteiger charge is 2.31. The largest absolute Gasteiger partial charge is 0.355 e. The molecule has 4 aromatic rings. The normalized spacial score (nSPS) is 13.1. The number of hydrogen-bond donors (Lipinski definition) is 2. The first-order valence-corrected chi connectivity index (χ1v) is 12.7. The summed E-state index contributed by atoms with van der Waals surface area (Å²) < 4.78 is 19.3. The van der Waals surface area contributed by atoms with Gasteiger partial charge in [0.25, 0.3) is 17.0 Å². The van der Waals surface area contributed by atoms with E-state index < -0.39 is 22.6 Å². The lowest BCUT2D eigenvalue weighted by molar-refractivity contribution is 0.0963. The van der Waals surface area contributed by atoms with E-state index in [2.05, 4.69) is 10.6 Å². The Labute approximate surface area is 223 Å². The van der Waals surface area contributed by atoms with Crippen molar-refractivity contribution in [2.24, 2.45) is 7.05 Å². The fourth-order valence-electron chi connectivity index (χ4n) is 4.48. The number of nitrogens with zero attached hydrogens (tertiary/aromatic N) is 3. The molecule has 11 heteroatoms. The minimum atomic E-state index is -0.574. The smallest absolute Gasteiger partial charge is 0.336 e. The van der Waals surface area contributed by atoms with Gasteiger partial charge in [-0.3, -0.25) is 28.1 Å². The van der Waals surface area contributed by atoms with Crippen LogP contribution in [0.2, 0.25) is 0 Å². The van der Waals surface area contributed by atoms with E-state index >= 15 is 0 Å². The van der Waals surface area contributed by atoms with Crippen molar-refractivity contribution in [3.05, 3.63) is 94.2 Å². The lowest BCUT2D eigenvalue weighted by Gasteiger charge is -2.20. The number of benzene rings is 2. The molecule has 0 radical (unpaired) electrons. The number of carbonyl (C=O) groups is 1. The predicted molar refractivity (Wildman–Crippen MR) is 148 cm³/mol. The van der Waals surface area contributed by atoms with Crippen molar-refractivity contribution in [2.45, 2.75) is 25.8 Å². The van der Waals surface area contributed by atoms with E-state index in [1.165, 1.54) is 39.9 Å². The van der Waals surface area contributed by atoms with Gasteiger partial charge in [0.15, 0.2) is 0 Å². The van der Waals surface area contributed by atoms with Crippen molar-refractivity contribution in [3.63, 3.8) is 0 Å². The van der Waals surface area contributed by atoms with Crippen LogP contribution in [-0.4, -0.2) is 26.7 Å². The molecule has 1 fully saturated rings. The summed E-state index contributed by atoms with van der Waals surface area (Å²) in [6.07, 6.45) is 1.35. The van der Waals surface area contributed by atoms with Crippen LogP contribution < -0.4 is 27.4 Å². The summed E-state index contributed by atoms with van der Waals surface area (Å²) in [7, 11) is 3.01. The maximum Gasteiger partial charge on any atom is 0.336 e. The Kier molecular flexibility index (Phi) is 6.26. The molecule has 9 nitrogen and oxygen atoms in total. The first-order valence-electron chi connectivity index (χ1n) is 11.6. The van der Waals surface area contributed by atoms with Crippen LogP contribution in [0.1, 0.15) is 34.8 Å². The van der Waals surface area contributed by atoms with Crippen molar-refractivity contribution in [1.29, 1.82) is 0 Å². The van der Waals surface area contributed by atoms with Gasteiger partial charge < -0.3 is 10.6 Å². The third-order valence-electron chi connectivity index (χ3n) is 6.55. The maximum atomic E-state index is 14.8. The fraction of sp³-hybridized carbons (Fsp3) is 0.231. The molecule has 1 aliphatic carbocycles. The number of aryl methyl sites for hydroxylation is 1. The summed E-state index contributed by atoms with van der Waals surface area (Å²) in [4.78, 5) is 52.9. The second-order valence-electron chi connectivity index (χ2n) is 8.96. The Morgan fingerprint density at radius 2 is 1.73 bits per heavy atom. The van der Waals surface area contributed by atoms with Crippen molar-refractivity contribution < 1.29 is 9.18 Å². The Bertz CT molecular complexity index is 1770. The summed E-state index contributed by atoms with van der Waals surface area (Å²) in [6.45, 7) is 1.55. The molecular formula is C26H23FIN5O4. The van der Waals surface area contributed by atoms with Crippen LogP contribution in [-0.2, 0) is 7.05 Å². The third kappa shape index (κ3) is 4.16. The number of aromatic nitrogens is 3. The molecule has 0 unspecified atom stereocenters. The topological polar surface area (TPSA) is 107 Å². The van der Waals surface area contributed by atoms with E-state index in [1.807, 2.05) is 22.6 Å². The number of carbonyl (C=O) groups excluding carboxylic acids is 1. The van der Waals surface area contributed by atoms with Crippen molar-refractivity contribution >= 4 is 50.9 Å². The summed E-state index contributed by atoms with van der Waals surface area (Å²) in [5, 5.41) is 5.58. The highest BCUT2D eigenvalue weighted by molar-refractivity contribution is 14.1. The second kappa shape index (κ2) is 9.29. The summed E-state index contributed by atoms with van der Waals surface area (Å²) in [5.41, 5.74) is -0.369. The SMILES string of the molecule is CNC(=O)c1ccc(-n2c(=O)n(C3CC3)c(=O)c3c(Nc4ccc(I)cc4F)n(C)c(=O)c(C)c32)cc1. The fourth-order valence-corrected chi connectivity index (χ4v) is 4.93. The standard InChI is InChI=1S/C26H23FIN5O4/c1-13-21-20(22(31(3)24(13)35)30-19-11-6-15(28)12-18(19)27)25(36)33(17-9-10-17)26(37)32(21)16-7-4-14(5-8-16)23(34)29-2/h4-8,11-12,17,30H,9-10H2,1-3H3,(H,29,34). The molecule has 2 heterocycles. The molecule has 2 aromatic heterocycles. The van der Waals surface area contributed by atoms with Gasteiger partial charge in [0.2, 0.25) is 0 Å². The first-order chi connectivity index (χ1) is 17.6. The van der Waals surface area contributed by atoms with Gasteiger partial charge in [-0.15, -0.1) is 0 Å². The minimum Gasteiger partial charge on any atom is -0.355 e. The average molecular weight is 615 g/mol. The number of amides is 1. The van der Waals surface area contributed by atoms with E-state index in [4.69, 9.17) is 0 Å². The van der Waals surface area contributed by atoms with Crippen LogP contribution in [0.5, 0.6) is 0 Å². The molecular weight excluding hydrogens is 592 g/mol. The van der Waals surface area contributed by atoms with Gasteiger partial charge in [-0.25, -0.2) is 9.18 Å². The van der Waals surface area contributed by atoms with E-state index in [0.29, 0.717) is 27.7 Å². The third-order valence-corrected chi connectivity index (χ3v) is 7.23. The number of rotatable bonds is 5. The van der Waals surface area contributed by atoms with E-state index in [-0.39, 0.29) is 39.9 Å². The number of hydrogen-bond acceptors (Lipinski definition) is 5. The molecule has 1 saturated carbocycles. The number of halogens is 2. The van der Waals surface area contributed by atoms with Gasteiger partial charge in [-0.1, -0.05) is 0 Å². The van der Waals surface area contributed by atoms with Gasteiger partial charge in [-0.2, -0.15) is 0 Å². The lowest BCUT2D eigenvalue weighted by Crippen LogP contribution is -2.41. The zero-order valence-electron chi connectivity index (χ0n) is 20.3. The van der Waals surface area contributed by atoms with Crippen LogP contribution in [0.3, 0.4) is 0 Å². The van der Waals surface area contributed by atoms with Crippen molar-refractivity contribution in [1.82, 2.24) is 19.0 Å². The second-order valence-corrected chi connectivity index (χ2v) is 10.2. The van der Waals surface area contributed by atoms with E-state index in [9.17, 15) is 23.6 Å². The summed E-state index contributed by atoms with van der Waals surface area (Å²) in [6, 6.07) is 10.6. The predicted octanol–water partition coefficient (Wildman–Crippen LogP) is 3.34. The Morgan fingerprint density at radius 1 is 1.05 bits per heavy atom. The number of fused-ring (bicyclic) bond motifs is 1. The number of anilines is 2. The minimum absolute atomic E-state index is 0.0841. The Balaban J connectivity index is 1.88. The van der Waals surface area contributed by atoms with E-state index in [0.717, 1.165) is 0 Å². The molecule has 0 saturated heterocycles. The molecule has 5 rings (SSSR count). The quantitative estimate of drug-likeness (QED) is 0.335. The molecule has 0 aliphatic heterocycles. The van der Waals surface area contributed by atoms with Crippen LogP contribution in [0, 0.1) is 16.3 Å². The van der Waals surface area contributed by atoms with Gasteiger partial charge in [0.05, 0.1) is 16.9 Å². The summed E-state index contributed by atoms with van der Waals surface area (Å²) in [5.74, 6) is -0.752. The van der Waals surface area contributed by atoms with Gasteiger partial charge in [0.1, 0.15) is 17.0 Å². The number of pyridine rings is 1. The Hall–Kier alpha value is -3.74. The van der Waals surface area contributed by atoms with Crippen LogP contribution in [0.15, 0.2) is 56.8 Å². The molecule has 2 aromatic carbocycles. The van der Waals surface area contributed by atoms with Crippen LogP contribution in [0.25, 0.3) is 16.6 Å². The maximum absolute atomic E-state index is 14.8. The zero-order valence-corrected chi connectivity index (χ0v) is 22.4. The molecule has 2 N–H and O–H groups in total. The van der Waals surface area contributed by atoms with Gasteiger partial charge >= 0.3 is 5.69 Å². The van der Waals surface area contributed by atoms with E-state index in [1.54, 1.807) is 37.3 Å².